The Hall–Kier alpha value is -3.70. The van der Waals surface area contributed by atoms with Crippen LogP contribution in [0.25, 0.3) is 11.3 Å². The smallest absolute Gasteiger partial charge is 0.227 e. The molecular formula is C25H30N8. The van der Waals surface area contributed by atoms with Gasteiger partial charge in [0.15, 0.2) is 0 Å². The largest absolute Gasteiger partial charge is 0.369 e. The first-order chi connectivity index (χ1) is 16.0. The highest BCUT2D eigenvalue weighted by Gasteiger charge is 2.23. The summed E-state index contributed by atoms with van der Waals surface area (Å²) < 4.78 is 0. The molecule has 1 saturated heterocycles. The Kier molecular flexibility index (Phi) is 7.01. The lowest BCUT2D eigenvalue weighted by Gasteiger charge is -2.25. The Morgan fingerprint density at radius 2 is 2.06 bits per heavy atom. The number of likely N-dealkylation sites (N-methyl/N-ethyl adjacent to an activating group) is 1. The number of pyridine rings is 1. The van der Waals surface area contributed by atoms with Crippen LogP contribution in [0.1, 0.15) is 25.3 Å². The number of aromatic nitrogens is 3. The minimum Gasteiger partial charge on any atom is -0.369 e. The third-order valence-corrected chi connectivity index (χ3v) is 5.82. The zero-order valence-corrected chi connectivity index (χ0v) is 19.4. The van der Waals surface area contributed by atoms with Gasteiger partial charge in [-0.3, -0.25) is 0 Å². The molecule has 2 N–H and O–H groups in total. The van der Waals surface area contributed by atoms with Crippen molar-refractivity contribution in [2.75, 3.05) is 49.3 Å². The van der Waals surface area contributed by atoms with Gasteiger partial charge >= 0.3 is 0 Å². The molecule has 8 nitrogen and oxygen atoms in total. The first-order valence-electron chi connectivity index (χ1n) is 11.3. The van der Waals surface area contributed by atoms with Crippen molar-refractivity contribution in [1.29, 1.82) is 5.26 Å². The number of benzene rings is 1. The van der Waals surface area contributed by atoms with Gasteiger partial charge in [-0.2, -0.15) is 5.26 Å². The Morgan fingerprint density at radius 1 is 1.18 bits per heavy atom. The lowest BCUT2D eigenvalue weighted by atomic mass is 10.1. The fraction of sp³-hybridized carbons (Fsp3) is 0.360. The van der Waals surface area contributed by atoms with Gasteiger partial charge in [0, 0.05) is 37.4 Å². The number of nitriles is 1. The predicted octanol–water partition coefficient (Wildman–Crippen LogP) is 4.12. The monoisotopic (exact) mass is 442 g/mol. The third-order valence-electron chi connectivity index (χ3n) is 5.82. The maximum atomic E-state index is 9.75. The minimum absolute atomic E-state index is 0.459. The molecule has 3 heterocycles. The third kappa shape index (κ3) is 5.57. The van der Waals surface area contributed by atoms with Crippen LogP contribution in [0.3, 0.4) is 0 Å². The van der Waals surface area contributed by atoms with E-state index in [9.17, 15) is 5.26 Å². The van der Waals surface area contributed by atoms with Gasteiger partial charge in [0.05, 0.1) is 28.8 Å². The van der Waals surface area contributed by atoms with E-state index in [1.54, 1.807) is 12.4 Å². The number of hydrogen-bond donors (Lipinski definition) is 2. The fourth-order valence-corrected chi connectivity index (χ4v) is 4.02. The summed E-state index contributed by atoms with van der Waals surface area (Å²) in [6.07, 6.45) is 5.80. The second-order valence-corrected chi connectivity index (χ2v) is 8.58. The Balaban J connectivity index is 1.47. The molecule has 0 unspecified atom stereocenters. The summed E-state index contributed by atoms with van der Waals surface area (Å²) in [5.41, 5.74) is 4.15. The molecule has 170 valence electrons. The molecule has 1 aliphatic heterocycles. The van der Waals surface area contributed by atoms with Crippen molar-refractivity contribution in [3.63, 3.8) is 0 Å². The van der Waals surface area contributed by atoms with E-state index in [4.69, 9.17) is 0 Å². The lowest BCUT2D eigenvalue weighted by Crippen LogP contribution is -2.26. The van der Waals surface area contributed by atoms with Gasteiger partial charge in [-0.25, -0.2) is 15.0 Å². The Labute approximate surface area is 195 Å². The van der Waals surface area contributed by atoms with Crippen molar-refractivity contribution in [1.82, 2.24) is 19.9 Å². The molecule has 1 aliphatic rings. The van der Waals surface area contributed by atoms with Crippen molar-refractivity contribution in [2.24, 2.45) is 0 Å². The van der Waals surface area contributed by atoms with Crippen LogP contribution in [0.5, 0.6) is 0 Å². The summed E-state index contributed by atoms with van der Waals surface area (Å²) in [6.45, 7) is 4.98. The highest BCUT2D eigenvalue weighted by molar-refractivity contribution is 5.71. The van der Waals surface area contributed by atoms with Gasteiger partial charge in [-0.1, -0.05) is 6.07 Å². The molecule has 33 heavy (non-hydrogen) atoms. The SMILES string of the molecule is C[C@H]1CCCN1c1ccc(-c2ccnc(Nc3ccc(NCCN(C)C)nc3)n2)cc1C#N. The van der Waals surface area contributed by atoms with Crippen LogP contribution in [0.2, 0.25) is 0 Å². The molecule has 1 fully saturated rings. The van der Waals surface area contributed by atoms with Crippen LogP contribution < -0.4 is 15.5 Å². The molecule has 0 bridgehead atoms. The minimum atomic E-state index is 0.459. The molecule has 0 amide bonds. The molecule has 0 aliphatic carbocycles. The van der Waals surface area contributed by atoms with Crippen molar-refractivity contribution in [3.8, 4) is 17.3 Å². The van der Waals surface area contributed by atoms with E-state index in [0.29, 0.717) is 17.6 Å². The van der Waals surface area contributed by atoms with Gasteiger partial charge in [-0.05, 0) is 64.2 Å². The Bertz CT molecular complexity index is 1120. The number of hydrogen-bond acceptors (Lipinski definition) is 8. The number of nitrogens with zero attached hydrogens (tertiary/aromatic N) is 6. The molecule has 1 atom stereocenters. The molecular weight excluding hydrogens is 412 g/mol. The zero-order valence-electron chi connectivity index (χ0n) is 19.4. The van der Waals surface area contributed by atoms with E-state index < -0.39 is 0 Å². The number of anilines is 4. The summed E-state index contributed by atoms with van der Waals surface area (Å²) in [6, 6.07) is 14.5. The van der Waals surface area contributed by atoms with Crippen LogP contribution in [0.4, 0.5) is 23.1 Å². The van der Waals surface area contributed by atoms with Gasteiger partial charge < -0.3 is 20.4 Å². The molecule has 2 aromatic heterocycles. The average Bonchev–Trinajstić information content (AvgIpc) is 3.25. The van der Waals surface area contributed by atoms with Gasteiger partial charge in [-0.15, -0.1) is 0 Å². The van der Waals surface area contributed by atoms with E-state index >= 15 is 0 Å². The molecule has 8 heteroatoms. The second-order valence-electron chi connectivity index (χ2n) is 8.58. The topological polar surface area (TPSA) is 93.0 Å². The van der Waals surface area contributed by atoms with Crippen molar-refractivity contribution >= 4 is 23.1 Å². The molecule has 0 saturated carbocycles. The maximum absolute atomic E-state index is 9.75. The van der Waals surface area contributed by atoms with Crippen molar-refractivity contribution in [2.45, 2.75) is 25.8 Å². The van der Waals surface area contributed by atoms with Crippen molar-refractivity contribution in [3.05, 3.63) is 54.4 Å². The maximum Gasteiger partial charge on any atom is 0.227 e. The number of nitrogens with one attached hydrogen (secondary N) is 2. The van der Waals surface area contributed by atoms with E-state index in [0.717, 1.165) is 60.9 Å². The van der Waals surface area contributed by atoms with E-state index in [1.165, 1.54) is 0 Å². The van der Waals surface area contributed by atoms with Crippen LogP contribution in [0.15, 0.2) is 48.8 Å². The first kappa shape index (κ1) is 22.5. The molecule has 3 aromatic rings. The standard InChI is InChI=1S/C25H30N8/c1-18-5-4-13-33(18)23-8-6-19(15-20(23)16-26)22-10-11-28-25(31-22)30-21-7-9-24(29-17-21)27-12-14-32(2)3/h6-11,15,17-18H,4-5,12-14H2,1-3H3,(H,27,29)(H,28,30,31)/t18-/m0/s1. The normalized spacial score (nSPS) is 15.5. The summed E-state index contributed by atoms with van der Waals surface area (Å²) in [7, 11) is 4.08. The molecule has 4 rings (SSSR count). The quantitative estimate of drug-likeness (QED) is 0.538. The second kappa shape index (κ2) is 10.3. The lowest BCUT2D eigenvalue weighted by molar-refractivity contribution is 0.425. The van der Waals surface area contributed by atoms with E-state index in [1.807, 2.05) is 50.5 Å². The van der Waals surface area contributed by atoms with Gasteiger partial charge in [0.25, 0.3) is 0 Å². The van der Waals surface area contributed by atoms with E-state index in [2.05, 4.69) is 48.4 Å². The van der Waals surface area contributed by atoms with Gasteiger partial charge in [0.1, 0.15) is 11.9 Å². The first-order valence-corrected chi connectivity index (χ1v) is 11.3. The summed E-state index contributed by atoms with van der Waals surface area (Å²) >= 11 is 0. The van der Waals surface area contributed by atoms with Crippen LogP contribution in [-0.4, -0.2) is 59.6 Å². The van der Waals surface area contributed by atoms with Crippen LogP contribution >= 0.6 is 0 Å². The summed E-state index contributed by atoms with van der Waals surface area (Å²) in [5.74, 6) is 1.31. The summed E-state index contributed by atoms with van der Waals surface area (Å²) in [5, 5.41) is 16.3. The highest BCUT2D eigenvalue weighted by atomic mass is 15.2. The fourth-order valence-electron chi connectivity index (χ4n) is 4.02. The van der Waals surface area contributed by atoms with Crippen molar-refractivity contribution < 1.29 is 0 Å². The van der Waals surface area contributed by atoms with Crippen LogP contribution in [0, 0.1) is 11.3 Å². The molecule has 0 spiro atoms. The zero-order chi connectivity index (χ0) is 23.2. The molecule has 1 aromatic carbocycles. The number of rotatable bonds is 8. The van der Waals surface area contributed by atoms with Gasteiger partial charge in [0.2, 0.25) is 5.95 Å². The average molecular weight is 443 g/mol. The predicted molar refractivity (Wildman–Crippen MR) is 133 cm³/mol. The summed E-state index contributed by atoms with van der Waals surface area (Å²) in [4.78, 5) is 17.9. The van der Waals surface area contributed by atoms with E-state index in [-0.39, 0.29) is 0 Å². The molecule has 0 radical (unpaired) electrons. The Morgan fingerprint density at radius 3 is 2.76 bits per heavy atom. The van der Waals surface area contributed by atoms with Crippen LogP contribution in [-0.2, 0) is 0 Å². The highest BCUT2D eigenvalue weighted by Crippen LogP contribution is 2.31.